The molecule has 1 fully saturated rings. The van der Waals surface area contributed by atoms with Crippen molar-refractivity contribution in [2.24, 2.45) is 7.05 Å². The number of rotatable bonds is 11. The molecule has 0 aliphatic carbocycles. The van der Waals surface area contributed by atoms with Crippen LogP contribution >= 0.6 is 0 Å². The topological polar surface area (TPSA) is 209 Å². The fourth-order valence-corrected chi connectivity index (χ4v) is 5.28. The van der Waals surface area contributed by atoms with Crippen molar-refractivity contribution < 1.29 is 34.0 Å². The largest absolute Gasteiger partial charge is 0.489 e. The van der Waals surface area contributed by atoms with Crippen LogP contribution in [0.1, 0.15) is 12.6 Å². The number of nitrogens with zero attached hydrogens (tertiary/aromatic N) is 6. The third-order valence-corrected chi connectivity index (χ3v) is 7.64. The van der Waals surface area contributed by atoms with Crippen molar-refractivity contribution >= 4 is 40.3 Å². The molecule has 7 rings (SSSR count). The second-order valence-electron chi connectivity index (χ2n) is 11.0. The molecule has 0 spiro atoms. The number of fused-ring (bicyclic) bond motifs is 3. The summed E-state index contributed by atoms with van der Waals surface area (Å²) in [5.74, 6) is 2.03. The Balaban J connectivity index is 1.08. The van der Waals surface area contributed by atoms with E-state index >= 15 is 0 Å². The quantitative estimate of drug-likeness (QED) is 0.126. The zero-order chi connectivity index (χ0) is 33.2. The lowest BCUT2D eigenvalue weighted by molar-refractivity contribution is -0.118. The van der Waals surface area contributed by atoms with Crippen molar-refractivity contribution in [2.45, 2.75) is 24.9 Å². The van der Waals surface area contributed by atoms with Crippen LogP contribution in [-0.4, -0.2) is 83.8 Å². The number of ether oxygens (including phenoxy) is 4. The Kier molecular flexibility index (Phi) is 8.45. The van der Waals surface area contributed by atoms with Crippen molar-refractivity contribution in [2.75, 3.05) is 42.3 Å². The van der Waals surface area contributed by atoms with Gasteiger partial charge in [-0.2, -0.15) is 15.0 Å². The predicted octanol–water partition coefficient (Wildman–Crippen LogP) is 1.92. The zero-order valence-corrected chi connectivity index (χ0v) is 25.6. The van der Waals surface area contributed by atoms with Crippen LogP contribution in [0.2, 0.25) is 0 Å². The Morgan fingerprint density at radius 2 is 1.96 bits per heavy atom. The van der Waals surface area contributed by atoms with Crippen LogP contribution in [0.15, 0.2) is 65.8 Å². The standard InChI is InChI=1S/C31H31N9O8/c1-39-13-21-27(37-31(39)44)35-25-19(8-5-9-20(25)47-21)45-11-10-32-28-26-29(40(16-33-26)24-12-18(42)22(14-41)48-24)38-30(36-28)34-23(43)15-46-17-6-3-2-4-7-17/h2-9,13,16,18,22,24,41-42H,10-12,14-15H2,1H3,(H,35,37,44)(H2,32,34,36,38,43)/t18?,22-,24-/m1/s1. The molecule has 0 saturated carbocycles. The molecule has 5 heterocycles. The fraction of sp³-hybridized carbons (Fsp3) is 0.290. The van der Waals surface area contributed by atoms with Gasteiger partial charge in [-0.1, -0.05) is 24.3 Å². The average Bonchev–Trinajstić information content (AvgIpc) is 3.69. The number of aliphatic hydroxyl groups excluding tert-OH is 2. The molecule has 3 aromatic heterocycles. The highest BCUT2D eigenvalue weighted by molar-refractivity contribution is 5.92. The molecule has 2 aliphatic rings. The van der Waals surface area contributed by atoms with Crippen LogP contribution in [-0.2, 0) is 16.6 Å². The van der Waals surface area contributed by atoms with Gasteiger partial charge in [-0.25, -0.2) is 9.78 Å². The molecule has 17 nitrogen and oxygen atoms in total. The van der Waals surface area contributed by atoms with E-state index < -0.39 is 30.0 Å². The maximum absolute atomic E-state index is 12.8. The lowest BCUT2D eigenvalue weighted by Gasteiger charge is -2.23. The number of benzene rings is 2. The van der Waals surface area contributed by atoms with Gasteiger partial charge >= 0.3 is 5.69 Å². The Hall–Kier alpha value is -5.78. The highest BCUT2D eigenvalue weighted by atomic mass is 16.5. The van der Waals surface area contributed by atoms with Crippen LogP contribution < -0.4 is 35.9 Å². The molecule has 0 bridgehead atoms. The Labute approximate surface area is 272 Å². The van der Waals surface area contributed by atoms with Crippen LogP contribution in [0, 0.1) is 0 Å². The summed E-state index contributed by atoms with van der Waals surface area (Å²) in [6.07, 6.45) is 0.983. The normalized spacial score (nSPS) is 17.9. The predicted molar refractivity (Wildman–Crippen MR) is 171 cm³/mol. The highest BCUT2D eigenvalue weighted by Crippen LogP contribution is 2.45. The Morgan fingerprint density at radius 3 is 2.77 bits per heavy atom. The van der Waals surface area contributed by atoms with Gasteiger partial charge in [0.2, 0.25) is 5.95 Å². The van der Waals surface area contributed by atoms with Crippen LogP contribution in [0.5, 0.6) is 23.0 Å². The number of aliphatic hydroxyl groups is 2. The third kappa shape index (κ3) is 6.28. The first-order valence-corrected chi connectivity index (χ1v) is 15.0. The minimum absolute atomic E-state index is 0.0117. The summed E-state index contributed by atoms with van der Waals surface area (Å²) >= 11 is 0. The number of aromatic nitrogens is 6. The molecular formula is C31H31N9O8. The van der Waals surface area contributed by atoms with Gasteiger partial charge < -0.3 is 39.8 Å². The number of imidazole rings is 1. The number of para-hydroxylation sites is 2. The number of nitrogens with one attached hydrogen (secondary N) is 3. The molecule has 3 atom stereocenters. The minimum atomic E-state index is -0.874. The van der Waals surface area contributed by atoms with Gasteiger partial charge in [0, 0.05) is 13.5 Å². The van der Waals surface area contributed by atoms with E-state index in [2.05, 4.69) is 35.9 Å². The summed E-state index contributed by atoms with van der Waals surface area (Å²) in [5, 5.41) is 28.9. The summed E-state index contributed by atoms with van der Waals surface area (Å²) in [4.78, 5) is 42.4. The van der Waals surface area contributed by atoms with Crippen molar-refractivity contribution in [1.82, 2.24) is 29.1 Å². The van der Waals surface area contributed by atoms with Gasteiger partial charge in [0.1, 0.15) is 36.1 Å². The van der Waals surface area contributed by atoms with E-state index in [4.69, 9.17) is 18.9 Å². The summed E-state index contributed by atoms with van der Waals surface area (Å²) in [6.45, 7) is -0.188. The van der Waals surface area contributed by atoms with Crippen molar-refractivity contribution in [3.8, 4) is 23.0 Å². The van der Waals surface area contributed by atoms with Gasteiger partial charge in [0.05, 0.1) is 31.8 Å². The number of amides is 1. The van der Waals surface area contributed by atoms with Gasteiger partial charge in [0.25, 0.3) is 5.91 Å². The van der Waals surface area contributed by atoms with E-state index in [1.807, 2.05) is 6.07 Å². The van der Waals surface area contributed by atoms with Gasteiger partial charge in [-0.3, -0.25) is 19.2 Å². The third-order valence-electron chi connectivity index (χ3n) is 7.64. The maximum atomic E-state index is 12.8. The fourth-order valence-electron chi connectivity index (χ4n) is 5.28. The van der Waals surface area contributed by atoms with E-state index in [9.17, 15) is 19.8 Å². The molecule has 2 aromatic carbocycles. The molecule has 17 heteroatoms. The van der Waals surface area contributed by atoms with Crippen LogP contribution in [0.4, 0.5) is 23.3 Å². The van der Waals surface area contributed by atoms with Gasteiger partial charge in [-0.15, -0.1) is 0 Å². The number of hydrogen-bond acceptors (Lipinski definition) is 14. The van der Waals surface area contributed by atoms with E-state index in [0.717, 1.165) is 0 Å². The first-order valence-electron chi connectivity index (χ1n) is 15.0. The SMILES string of the molecule is Cn1cc2c(nc1=O)Nc1c(OCCNc3nc(NC(=O)COc4ccccc4)nc4c3ncn4[C@H]3CC(O)[C@@H](CO)O3)cccc1O2. The zero-order valence-electron chi connectivity index (χ0n) is 25.6. The Morgan fingerprint density at radius 1 is 1.10 bits per heavy atom. The molecule has 248 valence electrons. The number of hydrogen-bond donors (Lipinski definition) is 5. The monoisotopic (exact) mass is 657 g/mol. The van der Waals surface area contributed by atoms with Crippen molar-refractivity contribution in [3.63, 3.8) is 0 Å². The molecule has 1 saturated heterocycles. The lowest BCUT2D eigenvalue weighted by atomic mass is 10.2. The van der Waals surface area contributed by atoms with Gasteiger partial charge in [0.15, 0.2) is 40.9 Å². The van der Waals surface area contributed by atoms with Crippen molar-refractivity contribution in [3.05, 3.63) is 71.5 Å². The molecular weight excluding hydrogens is 626 g/mol. The maximum Gasteiger partial charge on any atom is 0.349 e. The van der Waals surface area contributed by atoms with E-state index in [1.165, 1.54) is 10.9 Å². The minimum Gasteiger partial charge on any atom is -0.489 e. The number of carbonyl (C=O) groups is 1. The first kappa shape index (κ1) is 30.9. The molecule has 5 N–H and O–H groups in total. The van der Waals surface area contributed by atoms with E-state index in [-0.39, 0.29) is 44.6 Å². The molecule has 5 aromatic rings. The summed E-state index contributed by atoms with van der Waals surface area (Å²) < 4.78 is 26.3. The molecule has 48 heavy (non-hydrogen) atoms. The van der Waals surface area contributed by atoms with Gasteiger partial charge in [-0.05, 0) is 24.3 Å². The Bertz CT molecular complexity index is 2020. The van der Waals surface area contributed by atoms with Crippen LogP contribution in [0.25, 0.3) is 11.2 Å². The van der Waals surface area contributed by atoms with Crippen LogP contribution in [0.3, 0.4) is 0 Å². The summed E-state index contributed by atoms with van der Waals surface area (Å²) in [5.41, 5.74) is 0.809. The van der Waals surface area contributed by atoms with Crippen molar-refractivity contribution in [1.29, 1.82) is 0 Å². The number of carbonyl (C=O) groups excluding carboxylic acids is 1. The van der Waals surface area contributed by atoms with E-state index in [0.29, 0.717) is 45.7 Å². The lowest BCUT2D eigenvalue weighted by Crippen LogP contribution is -2.24. The molecule has 0 radical (unpaired) electrons. The smallest absolute Gasteiger partial charge is 0.349 e. The first-order chi connectivity index (χ1) is 23.4. The van der Waals surface area contributed by atoms with E-state index in [1.54, 1.807) is 60.3 Å². The molecule has 1 unspecified atom stereocenters. The summed E-state index contributed by atoms with van der Waals surface area (Å²) in [7, 11) is 1.59. The number of aryl methyl sites for hydroxylation is 1. The second-order valence-corrected chi connectivity index (χ2v) is 11.0. The number of anilines is 4. The highest BCUT2D eigenvalue weighted by Gasteiger charge is 2.35. The average molecular weight is 658 g/mol. The summed E-state index contributed by atoms with van der Waals surface area (Å²) in [6, 6.07) is 14.2. The molecule has 2 aliphatic heterocycles. The second kappa shape index (κ2) is 13.1. The molecule has 1 amide bonds.